The number of aromatic carboxylic acids is 1. The minimum absolute atomic E-state index is 0.172. The number of carbonyl (C=O) groups excluding carboxylic acids is 1. The van der Waals surface area contributed by atoms with Crippen molar-refractivity contribution in [2.24, 2.45) is 4.99 Å². The molecule has 3 aromatic rings. The molecule has 2 heterocycles. The summed E-state index contributed by atoms with van der Waals surface area (Å²) < 4.78 is 11.1. The zero-order chi connectivity index (χ0) is 23.4. The Morgan fingerprint density at radius 2 is 1.94 bits per heavy atom. The van der Waals surface area contributed by atoms with E-state index in [1.807, 2.05) is 36.4 Å². The standard InChI is InChI=1S/C25H22N2O5S/c1-16-19(9-6-10-20(16)24(29)30)21-12-11-18(32-21)15-22-23(28)27(13-14-31-2)25(33-22)26-17-7-4-3-5-8-17/h3-12,15H,13-14H2,1-2H3,(H,29,30). The molecule has 4 rings (SSSR count). The lowest BCUT2D eigenvalue weighted by Gasteiger charge is -2.14. The molecule has 0 aliphatic carbocycles. The molecule has 0 atom stereocenters. The lowest BCUT2D eigenvalue weighted by molar-refractivity contribution is -0.122. The summed E-state index contributed by atoms with van der Waals surface area (Å²) in [5.41, 5.74) is 2.29. The minimum Gasteiger partial charge on any atom is -0.478 e. The summed E-state index contributed by atoms with van der Waals surface area (Å²) in [5.74, 6) is -0.132. The van der Waals surface area contributed by atoms with Crippen LogP contribution in [-0.4, -0.2) is 47.3 Å². The maximum Gasteiger partial charge on any atom is 0.335 e. The first-order chi connectivity index (χ1) is 16.0. The van der Waals surface area contributed by atoms with Gasteiger partial charge in [-0.2, -0.15) is 0 Å². The third-order valence-electron chi connectivity index (χ3n) is 5.12. The van der Waals surface area contributed by atoms with Crippen molar-refractivity contribution in [2.45, 2.75) is 6.92 Å². The van der Waals surface area contributed by atoms with E-state index < -0.39 is 5.97 Å². The van der Waals surface area contributed by atoms with Crippen LogP contribution in [0.5, 0.6) is 0 Å². The number of thioether (sulfide) groups is 1. The molecule has 168 valence electrons. The van der Waals surface area contributed by atoms with E-state index in [1.165, 1.54) is 11.8 Å². The highest BCUT2D eigenvalue weighted by atomic mass is 32.2. The van der Waals surface area contributed by atoms with Crippen LogP contribution in [0.25, 0.3) is 17.4 Å². The Morgan fingerprint density at radius 1 is 1.15 bits per heavy atom. The van der Waals surface area contributed by atoms with Crippen LogP contribution in [0, 0.1) is 6.92 Å². The lowest BCUT2D eigenvalue weighted by Crippen LogP contribution is -2.32. The first kappa shape index (κ1) is 22.6. The molecule has 1 N–H and O–H groups in total. The number of carboxylic acids is 1. The second kappa shape index (κ2) is 9.89. The number of para-hydroxylation sites is 1. The van der Waals surface area contributed by atoms with E-state index in [0.29, 0.717) is 45.9 Å². The summed E-state index contributed by atoms with van der Waals surface area (Å²) >= 11 is 1.28. The minimum atomic E-state index is -0.988. The van der Waals surface area contributed by atoms with Gasteiger partial charge in [-0.15, -0.1) is 0 Å². The Labute approximate surface area is 195 Å². The first-order valence-corrected chi connectivity index (χ1v) is 11.1. The second-order valence-corrected chi connectivity index (χ2v) is 8.28. The van der Waals surface area contributed by atoms with Crippen LogP contribution in [-0.2, 0) is 9.53 Å². The molecule has 1 saturated heterocycles. The molecular formula is C25H22N2O5S. The van der Waals surface area contributed by atoms with Crippen molar-refractivity contribution in [1.29, 1.82) is 0 Å². The van der Waals surface area contributed by atoms with E-state index in [2.05, 4.69) is 4.99 Å². The van der Waals surface area contributed by atoms with E-state index >= 15 is 0 Å². The molecule has 7 nitrogen and oxygen atoms in total. The normalized spacial score (nSPS) is 16.2. The predicted octanol–water partition coefficient (Wildman–Crippen LogP) is 5.20. The van der Waals surface area contributed by atoms with Gasteiger partial charge < -0.3 is 14.3 Å². The Bertz CT molecular complexity index is 1250. The van der Waals surface area contributed by atoms with Crippen LogP contribution in [0.15, 0.2) is 75.0 Å². The van der Waals surface area contributed by atoms with Gasteiger partial charge >= 0.3 is 5.97 Å². The number of furan rings is 1. The molecule has 8 heteroatoms. The molecule has 0 bridgehead atoms. The van der Waals surface area contributed by atoms with Gasteiger partial charge in [0.05, 0.1) is 29.3 Å². The molecule has 0 unspecified atom stereocenters. The molecule has 2 aromatic carbocycles. The molecule has 1 amide bonds. The van der Waals surface area contributed by atoms with Crippen molar-refractivity contribution in [1.82, 2.24) is 4.90 Å². The van der Waals surface area contributed by atoms with Gasteiger partial charge in [0.15, 0.2) is 5.17 Å². The summed E-state index contributed by atoms with van der Waals surface area (Å²) in [7, 11) is 1.59. The third-order valence-corrected chi connectivity index (χ3v) is 6.12. The zero-order valence-corrected chi connectivity index (χ0v) is 19.0. The number of carbonyl (C=O) groups is 2. The van der Waals surface area contributed by atoms with Crippen LogP contribution < -0.4 is 0 Å². The summed E-state index contributed by atoms with van der Waals surface area (Å²) in [6.07, 6.45) is 1.68. The molecule has 1 aromatic heterocycles. The van der Waals surface area contributed by atoms with Crippen molar-refractivity contribution in [3.8, 4) is 11.3 Å². The van der Waals surface area contributed by atoms with Gasteiger partial charge in [-0.3, -0.25) is 9.69 Å². The molecule has 1 aliphatic heterocycles. The largest absolute Gasteiger partial charge is 0.478 e. The average Bonchev–Trinajstić information content (AvgIpc) is 3.38. The topological polar surface area (TPSA) is 92.3 Å². The molecule has 0 saturated carbocycles. The Kier molecular flexibility index (Phi) is 6.76. The van der Waals surface area contributed by atoms with Gasteiger partial charge in [0.1, 0.15) is 11.5 Å². The number of rotatable bonds is 7. The fourth-order valence-electron chi connectivity index (χ4n) is 3.42. The Balaban J connectivity index is 1.64. The quantitative estimate of drug-likeness (QED) is 0.485. The van der Waals surface area contributed by atoms with Crippen LogP contribution >= 0.6 is 11.8 Å². The van der Waals surface area contributed by atoms with Crippen molar-refractivity contribution < 1.29 is 23.8 Å². The Hall–Kier alpha value is -3.62. The highest BCUT2D eigenvalue weighted by Crippen LogP contribution is 2.35. The average molecular weight is 463 g/mol. The van der Waals surface area contributed by atoms with E-state index in [9.17, 15) is 14.7 Å². The Morgan fingerprint density at radius 3 is 2.67 bits per heavy atom. The first-order valence-electron chi connectivity index (χ1n) is 10.2. The number of methoxy groups -OCH3 is 1. The molecule has 33 heavy (non-hydrogen) atoms. The summed E-state index contributed by atoms with van der Waals surface area (Å²) in [6.45, 7) is 2.52. The number of hydrogen-bond donors (Lipinski definition) is 1. The van der Waals surface area contributed by atoms with Crippen molar-refractivity contribution in [2.75, 3.05) is 20.3 Å². The fourth-order valence-corrected chi connectivity index (χ4v) is 4.43. The number of hydrogen-bond acceptors (Lipinski definition) is 6. The van der Waals surface area contributed by atoms with E-state index in [-0.39, 0.29) is 11.5 Å². The highest BCUT2D eigenvalue weighted by Gasteiger charge is 2.33. The van der Waals surface area contributed by atoms with Gasteiger partial charge in [0.25, 0.3) is 5.91 Å². The van der Waals surface area contributed by atoms with Crippen LogP contribution in [0.2, 0.25) is 0 Å². The molecule has 0 radical (unpaired) electrons. The summed E-state index contributed by atoms with van der Waals surface area (Å²) in [6, 6.07) is 18.0. The van der Waals surface area contributed by atoms with Crippen molar-refractivity contribution in [3.05, 3.63) is 82.5 Å². The van der Waals surface area contributed by atoms with E-state index in [1.54, 1.807) is 49.3 Å². The molecular weight excluding hydrogens is 440 g/mol. The van der Waals surface area contributed by atoms with Gasteiger partial charge in [0.2, 0.25) is 0 Å². The number of amides is 1. The van der Waals surface area contributed by atoms with Crippen LogP contribution in [0.1, 0.15) is 21.7 Å². The maximum atomic E-state index is 13.1. The lowest BCUT2D eigenvalue weighted by atomic mass is 10.0. The molecule has 1 fully saturated rings. The zero-order valence-electron chi connectivity index (χ0n) is 18.1. The van der Waals surface area contributed by atoms with Crippen LogP contribution in [0.4, 0.5) is 5.69 Å². The number of benzene rings is 2. The van der Waals surface area contributed by atoms with Crippen molar-refractivity contribution in [3.63, 3.8) is 0 Å². The number of amidine groups is 1. The molecule has 0 spiro atoms. The number of nitrogens with zero attached hydrogens (tertiary/aromatic N) is 2. The smallest absolute Gasteiger partial charge is 0.335 e. The maximum absolute atomic E-state index is 13.1. The highest BCUT2D eigenvalue weighted by molar-refractivity contribution is 8.18. The third kappa shape index (κ3) is 4.92. The van der Waals surface area contributed by atoms with E-state index in [0.717, 1.165) is 5.69 Å². The number of carboxylic acid groups (broad SMARTS) is 1. The van der Waals surface area contributed by atoms with Gasteiger partial charge in [-0.05, 0) is 54.6 Å². The van der Waals surface area contributed by atoms with Gasteiger partial charge in [-0.25, -0.2) is 9.79 Å². The number of aliphatic imine (C=N–C) groups is 1. The monoisotopic (exact) mass is 462 g/mol. The number of ether oxygens (including phenoxy) is 1. The SMILES string of the molecule is COCCN1C(=O)C(=Cc2ccc(-c3cccc(C(=O)O)c3C)o2)SC1=Nc1ccccc1. The molecule has 1 aliphatic rings. The van der Waals surface area contributed by atoms with Crippen molar-refractivity contribution >= 4 is 40.6 Å². The summed E-state index contributed by atoms with van der Waals surface area (Å²) in [5, 5.41) is 9.95. The van der Waals surface area contributed by atoms with Crippen LogP contribution in [0.3, 0.4) is 0 Å². The summed E-state index contributed by atoms with van der Waals surface area (Å²) in [4.78, 5) is 31.2. The van der Waals surface area contributed by atoms with Gasteiger partial charge in [0, 0.05) is 18.7 Å². The van der Waals surface area contributed by atoms with E-state index in [4.69, 9.17) is 9.15 Å². The second-order valence-electron chi connectivity index (χ2n) is 7.28. The fraction of sp³-hybridized carbons (Fsp3) is 0.160. The predicted molar refractivity (Wildman–Crippen MR) is 129 cm³/mol. The van der Waals surface area contributed by atoms with Gasteiger partial charge in [-0.1, -0.05) is 30.3 Å².